The third-order valence-electron chi connectivity index (χ3n) is 6.29. The first-order chi connectivity index (χ1) is 17.3. The molecule has 0 aliphatic heterocycles. The van der Waals surface area contributed by atoms with E-state index >= 15 is 0 Å². The number of nitrogens with one attached hydrogen (secondary N) is 2. The van der Waals surface area contributed by atoms with E-state index in [0.717, 1.165) is 24.6 Å². The smallest absolute Gasteiger partial charge is 0.250 e. The number of hydrogen-bond acceptors (Lipinski definition) is 7. The Hall–Kier alpha value is -4.73. The number of anilines is 3. The van der Waals surface area contributed by atoms with E-state index in [9.17, 15) is 14.3 Å². The first-order valence-electron chi connectivity index (χ1n) is 11.3. The molecule has 1 aliphatic carbocycles. The molecule has 36 heavy (non-hydrogen) atoms. The van der Waals surface area contributed by atoms with Gasteiger partial charge in [0.25, 0.3) is 0 Å². The SMILES string of the molecule is C=CC(=O)N(CC1(Nc2ncnc(N)c2C(=N)n2ccc3cc(F)cc(O)c32)CC1)c1ccccc1. The van der Waals surface area contributed by atoms with Crippen molar-refractivity contribution in [3.8, 4) is 5.75 Å². The zero-order valence-corrected chi connectivity index (χ0v) is 19.3. The molecule has 0 radical (unpaired) electrons. The average molecular weight is 486 g/mol. The Balaban J connectivity index is 1.49. The largest absolute Gasteiger partial charge is 0.506 e. The first-order valence-corrected chi connectivity index (χ1v) is 11.3. The van der Waals surface area contributed by atoms with Crippen molar-refractivity contribution in [2.24, 2.45) is 0 Å². The fourth-order valence-electron chi connectivity index (χ4n) is 4.30. The summed E-state index contributed by atoms with van der Waals surface area (Å²) < 4.78 is 15.2. The summed E-state index contributed by atoms with van der Waals surface area (Å²) in [5, 5.41) is 23.1. The van der Waals surface area contributed by atoms with Gasteiger partial charge in [0.05, 0.1) is 11.1 Å². The van der Waals surface area contributed by atoms with Crippen molar-refractivity contribution in [1.82, 2.24) is 14.5 Å². The van der Waals surface area contributed by atoms with E-state index in [2.05, 4.69) is 21.9 Å². The number of phenolic OH excluding ortho intramolecular Hbond substituents is 1. The molecule has 182 valence electrons. The summed E-state index contributed by atoms with van der Waals surface area (Å²) >= 11 is 0. The highest BCUT2D eigenvalue weighted by atomic mass is 19.1. The lowest BCUT2D eigenvalue weighted by Crippen LogP contribution is -2.42. The normalized spacial score (nSPS) is 13.8. The van der Waals surface area contributed by atoms with Crippen LogP contribution in [0.4, 0.5) is 21.7 Å². The van der Waals surface area contributed by atoms with Crippen molar-refractivity contribution in [2.45, 2.75) is 18.4 Å². The van der Waals surface area contributed by atoms with Crippen molar-refractivity contribution < 1.29 is 14.3 Å². The van der Waals surface area contributed by atoms with Crippen LogP contribution >= 0.6 is 0 Å². The zero-order valence-electron chi connectivity index (χ0n) is 19.3. The minimum absolute atomic E-state index is 0.0684. The van der Waals surface area contributed by atoms with Gasteiger partial charge in [-0.2, -0.15) is 0 Å². The topological polar surface area (TPSA) is 133 Å². The summed E-state index contributed by atoms with van der Waals surface area (Å²) in [5.41, 5.74) is 6.94. The first kappa shape index (κ1) is 23.0. The fourth-order valence-corrected chi connectivity index (χ4v) is 4.30. The maximum absolute atomic E-state index is 13.8. The molecule has 0 bridgehead atoms. The van der Waals surface area contributed by atoms with E-state index < -0.39 is 11.4 Å². The second kappa shape index (κ2) is 8.81. The molecule has 9 nitrogen and oxygen atoms in total. The van der Waals surface area contributed by atoms with Gasteiger partial charge in [-0.15, -0.1) is 0 Å². The summed E-state index contributed by atoms with van der Waals surface area (Å²) in [6.45, 7) is 3.98. The second-order valence-electron chi connectivity index (χ2n) is 8.75. The number of hydrogen-bond donors (Lipinski definition) is 4. The van der Waals surface area contributed by atoms with Crippen LogP contribution in [0.1, 0.15) is 18.4 Å². The molecule has 0 saturated heterocycles. The number of nitrogens with two attached hydrogens (primary N) is 1. The van der Waals surface area contributed by atoms with Crippen molar-refractivity contribution >= 4 is 40.0 Å². The highest BCUT2D eigenvalue weighted by molar-refractivity contribution is 6.10. The van der Waals surface area contributed by atoms with E-state index in [-0.39, 0.29) is 34.4 Å². The van der Waals surface area contributed by atoms with Gasteiger partial charge >= 0.3 is 0 Å². The van der Waals surface area contributed by atoms with Gasteiger partial charge < -0.3 is 21.1 Å². The Morgan fingerprint density at radius 1 is 1.28 bits per heavy atom. The van der Waals surface area contributed by atoms with E-state index in [4.69, 9.17) is 11.1 Å². The van der Waals surface area contributed by atoms with Crippen molar-refractivity contribution in [3.05, 3.63) is 85.1 Å². The molecule has 2 heterocycles. The van der Waals surface area contributed by atoms with Gasteiger partial charge in [-0.1, -0.05) is 24.8 Å². The molecule has 10 heteroatoms. The molecule has 0 unspecified atom stereocenters. The number of benzene rings is 2. The van der Waals surface area contributed by atoms with Gasteiger partial charge in [-0.25, -0.2) is 14.4 Å². The summed E-state index contributed by atoms with van der Waals surface area (Å²) in [4.78, 5) is 22.7. The van der Waals surface area contributed by atoms with Crippen LogP contribution in [0.5, 0.6) is 5.75 Å². The number of carbonyl (C=O) groups is 1. The van der Waals surface area contributed by atoms with Gasteiger partial charge in [0.1, 0.15) is 40.9 Å². The Bertz CT molecular complexity index is 1500. The monoisotopic (exact) mass is 485 g/mol. The molecular formula is C26H24FN7O2. The number of amides is 1. The number of halogens is 1. The third kappa shape index (κ3) is 4.13. The lowest BCUT2D eigenvalue weighted by molar-refractivity contribution is -0.114. The zero-order chi connectivity index (χ0) is 25.4. The molecule has 1 aliphatic rings. The van der Waals surface area contributed by atoms with Crippen molar-refractivity contribution in [1.29, 1.82) is 5.41 Å². The number of rotatable bonds is 7. The van der Waals surface area contributed by atoms with Crippen LogP contribution in [0, 0.1) is 11.2 Å². The third-order valence-corrected chi connectivity index (χ3v) is 6.29. The molecule has 0 atom stereocenters. The highest BCUT2D eigenvalue weighted by Gasteiger charge is 2.46. The number of aromatic hydroxyl groups is 1. The maximum atomic E-state index is 13.8. The number of para-hydroxylation sites is 1. The van der Waals surface area contributed by atoms with E-state index in [1.165, 1.54) is 23.0 Å². The van der Waals surface area contributed by atoms with Gasteiger partial charge in [-0.05, 0) is 43.2 Å². The predicted octanol–water partition coefficient (Wildman–Crippen LogP) is 3.90. The fraction of sp³-hybridized carbons (Fsp3) is 0.154. The van der Waals surface area contributed by atoms with Crippen molar-refractivity contribution in [3.63, 3.8) is 0 Å². The molecule has 5 N–H and O–H groups in total. The van der Waals surface area contributed by atoms with E-state index in [0.29, 0.717) is 17.7 Å². The van der Waals surface area contributed by atoms with E-state index in [1.54, 1.807) is 17.2 Å². The Kier molecular flexibility index (Phi) is 5.63. The van der Waals surface area contributed by atoms with Gasteiger partial charge in [-0.3, -0.25) is 14.8 Å². The number of phenols is 1. The van der Waals surface area contributed by atoms with Crippen LogP contribution in [0.25, 0.3) is 10.9 Å². The molecule has 1 fully saturated rings. The van der Waals surface area contributed by atoms with Crippen LogP contribution < -0.4 is 16.0 Å². The minimum Gasteiger partial charge on any atom is -0.506 e. The van der Waals surface area contributed by atoms with E-state index in [1.807, 2.05) is 30.3 Å². The molecule has 2 aromatic carbocycles. The molecule has 1 amide bonds. The summed E-state index contributed by atoms with van der Waals surface area (Å²) in [7, 11) is 0. The average Bonchev–Trinajstić information content (AvgIpc) is 3.48. The van der Waals surface area contributed by atoms with Gasteiger partial charge in [0.15, 0.2) is 0 Å². The predicted molar refractivity (Wildman–Crippen MR) is 137 cm³/mol. The number of fused-ring (bicyclic) bond motifs is 1. The number of nitrogens with zero attached hydrogens (tertiary/aromatic N) is 4. The summed E-state index contributed by atoms with van der Waals surface area (Å²) in [6.07, 6.45) is 5.66. The summed E-state index contributed by atoms with van der Waals surface area (Å²) in [6, 6.07) is 13.2. The molecule has 0 spiro atoms. The van der Waals surface area contributed by atoms with Crippen LogP contribution in [0.15, 0.2) is 73.7 Å². The Morgan fingerprint density at radius 3 is 2.72 bits per heavy atom. The minimum atomic E-state index is -0.582. The standard InChI is InChI=1S/C26H24FN7O2/c1-2-20(36)34(18-6-4-3-5-7-18)14-26(9-10-26)32-25-21(23(28)30-15-31-25)24(29)33-11-8-16-12-17(27)13-19(35)22(16)33/h2-8,11-13,15,29,35H,1,9-10,14H2,(H3,28,30,31,32). The molecule has 2 aromatic heterocycles. The Morgan fingerprint density at radius 2 is 2.03 bits per heavy atom. The highest BCUT2D eigenvalue weighted by Crippen LogP contribution is 2.41. The van der Waals surface area contributed by atoms with Crippen LogP contribution in [-0.2, 0) is 4.79 Å². The Labute approximate surface area is 206 Å². The number of carbonyl (C=O) groups excluding carboxylic acids is 1. The summed E-state index contributed by atoms with van der Waals surface area (Å²) in [5.74, 6) is -0.811. The maximum Gasteiger partial charge on any atom is 0.250 e. The number of aromatic nitrogens is 3. The van der Waals surface area contributed by atoms with Crippen LogP contribution in [0.2, 0.25) is 0 Å². The lowest BCUT2D eigenvalue weighted by atomic mass is 10.1. The number of nitrogen functional groups attached to an aromatic ring is 1. The van der Waals surface area contributed by atoms with Crippen molar-refractivity contribution in [2.75, 3.05) is 22.5 Å². The quantitative estimate of drug-likeness (QED) is 0.178. The van der Waals surface area contributed by atoms with Gasteiger partial charge in [0, 0.05) is 29.9 Å². The molecule has 5 rings (SSSR count). The second-order valence-corrected chi connectivity index (χ2v) is 8.75. The molecule has 1 saturated carbocycles. The van der Waals surface area contributed by atoms with Crippen LogP contribution in [-0.4, -0.2) is 43.5 Å². The molecule has 4 aromatic rings. The van der Waals surface area contributed by atoms with Crippen LogP contribution in [0.3, 0.4) is 0 Å². The lowest BCUT2D eigenvalue weighted by Gasteiger charge is -2.28. The molecular weight excluding hydrogens is 461 g/mol. The van der Waals surface area contributed by atoms with Gasteiger partial charge in [0.2, 0.25) is 5.91 Å².